The number of amides is 1. The monoisotopic (exact) mass is 562 g/mol. The van der Waals surface area contributed by atoms with Crippen molar-refractivity contribution in [2.24, 2.45) is 23.2 Å². The van der Waals surface area contributed by atoms with Crippen molar-refractivity contribution in [3.63, 3.8) is 0 Å². The average Bonchev–Trinajstić information content (AvgIpc) is 3.40. The molecule has 204 valence electrons. The number of nitrogens with one attached hydrogen (secondary N) is 1. The Labute approximate surface area is 254 Å². The van der Waals surface area contributed by atoms with Gasteiger partial charge in [-0.3, -0.25) is 19.2 Å². The van der Waals surface area contributed by atoms with Gasteiger partial charge in [-0.15, -0.1) is 11.3 Å². The van der Waals surface area contributed by atoms with E-state index in [2.05, 4.69) is 17.2 Å². The fraction of sp³-hybridized carbons (Fsp3) is 0.552. The molecule has 0 saturated heterocycles. The number of carbonyl (C=O) groups is 4. The van der Waals surface area contributed by atoms with Crippen LogP contribution in [0.25, 0.3) is 0 Å². The SMILES string of the molecule is Cc1cnc(NC(=O)CC[C@@H]2CC(=O)[C@@]3(C)CCC4c5ccc(OC(=O)CCC(=O)O)cc5CCC4C23)s1.[NaH]. The van der Waals surface area contributed by atoms with Gasteiger partial charge in [-0.05, 0) is 86.0 Å². The van der Waals surface area contributed by atoms with Gasteiger partial charge in [-0.2, -0.15) is 0 Å². The molecule has 10 heteroatoms. The Hall–Kier alpha value is -2.07. The number of hydrogen-bond acceptors (Lipinski definition) is 7. The van der Waals surface area contributed by atoms with E-state index in [0.717, 1.165) is 36.1 Å². The predicted octanol–water partition coefficient (Wildman–Crippen LogP) is 4.64. The minimum absolute atomic E-state index is 0. The molecule has 3 aliphatic rings. The quantitative estimate of drug-likeness (QED) is 0.273. The fourth-order valence-electron chi connectivity index (χ4n) is 7.25. The summed E-state index contributed by atoms with van der Waals surface area (Å²) in [5.74, 6) is 0.348. The Balaban J connectivity index is 0.00000353. The number of Topliss-reactive ketones (excluding diaryl/α,β-unsaturated/α-hetero) is 1. The summed E-state index contributed by atoms with van der Waals surface area (Å²) in [7, 11) is 0. The first kappa shape index (κ1) is 29.9. The summed E-state index contributed by atoms with van der Waals surface area (Å²) in [6.07, 6.45) is 6.57. The molecule has 0 aliphatic heterocycles. The second kappa shape index (κ2) is 12.2. The first-order valence-corrected chi connectivity index (χ1v) is 14.3. The van der Waals surface area contributed by atoms with Crippen molar-refractivity contribution in [2.45, 2.75) is 77.6 Å². The number of aliphatic carboxylic acids is 1. The van der Waals surface area contributed by atoms with Gasteiger partial charge >= 0.3 is 41.5 Å². The second-order valence-corrected chi connectivity index (χ2v) is 12.5. The number of carbonyl (C=O) groups excluding carboxylic acids is 3. The van der Waals surface area contributed by atoms with Gasteiger partial charge in [-0.1, -0.05) is 13.0 Å². The molecule has 2 N–H and O–H groups in total. The number of esters is 1. The van der Waals surface area contributed by atoms with E-state index in [1.807, 2.05) is 19.1 Å². The predicted molar refractivity (Wildman–Crippen MR) is 149 cm³/mol. The molecule has 0 spiro atoms. The number of carboxylic acid groups (broad SMARTS) is 1. The van der Waals surface area contributed by atoms with Crippen LogP contribution >= 0.6 is 11.3 Å². The van der Waals surface area contributed by atoms with Gasteiger partial charge in [0.1, 0.15) is 11.5 Å². The molecule has 0 radical (unpaired) electrons. The Kier molecular flexibility index (Phi) is 9.36. The van der Waals surface area contributed by atoms with Crippen molar-refractivity contribution in [1.29, 1.82) is 0 Å². The summed E-state index contributed by atoms with van der Waals surface area (Å²) in [6.45, 7) is 4.10. The van der Waals surface area contributed by atoms with E-state index in [1.54, 1.807) is 12.3 Å². The molecule has 3 unspecified atom stereocenters. The Morgan fingerprint density at radius 2 is 2.00 bits per heavy atom. The normalized spacial score (nSPS) is 27.0. The van der Waals surface area contributed by atoms with Crippen molar-refractivity contribution >= 4 is 69.7 Å². The Bertz CT molecular complexity index is 1280. The molecule has 1 aromatic carbocycles. The number of thiazole rings is 1. The number of carboxylic acids is 1. The molecule has 2 aromatic rings. The number of rotatable bonds is 8. The molecule has 3 aliphatic carbocycles. The van der Waals surface area contributed by atoms with Crippen LogP contribution in [0.4, 0.5) is 5.13 Å². The number of hydrogen-bond donors (Lipinski definition) is 2. The topological polar surface area (TPSA) is 123 Å². The van der Waals surface area contributed by atoms with E-state index >= 15 is 0 Å². The summed E-state index contributed by atoms with van der Waals surface area (Å²) in [6, 6.07) is 5.76. The van der Waals surface area contributed by atoms with E-state index in [0.29, 0.717) is 47.8 Å². The number of benzene rings is 1. The van der Waals surface area contributed by atoms with Crippen molar-refractivity contribution < 1.29 is 29.0 Å². The van der Waals surface area contributed by atoms with Crippen molar-refractivity contribution in [3.8, 4) is 5.75 Å². The summed E-state index contributed by atoms with van der Waals surface area (Å²) < 4.78 is 5.39. The molecule has 39 heavy (non-hydrogen) atoms. The molecular formula is C29H35N2NaO6S. The van der Waals surface area contributed by atoms with Gasteiger partial charge in [0, 0.05) is 29.3 Å². The maximum atomic E-state index is 13.2. The zero-order chi connectivity index (χ0) is 27.0. The molecule has 2 fully saturated rings. The summed E-state index contributed by atoms with van der Waals surface area (Å²) in [4.78, 5) is 53.9. The van der Waals surface area contributed by atoms with Gasteiger partial charge < -0.3 is 15.2 Å². The third kappa shape index (κ3) is 6.32. The zero-order valence-electron chi connectivity index (χ0n) is 21.8. The average molecular weight is 563 g/mol. The van der Waals surface area contributed by atoms with E-state index in [4.69, 9.17) is 9.84 Å². The molecule has 5 atom stereocenters. The Morgan fingerprint density at radius 1 is 1.21 bits per heavy atom. The van der Waals surface area contributed by atoms with Crippen LogP contribution in [-0.2, 0) is 25.6 Å². The minimum atomic E-state index is -1.03. The van der Waals surface area contributed by atoms with Crippen molar-refractivity contribution in [2.75, 3.05) is 5.32 Å². The molecule has 8 nitrogen and oxygen atoms in total. The number of aromatic nitrogens is 1. The van der Waals surface area contributed by atoms with Gasteiger partial charge in [0.15, 0.2) is 5.13 Å². The van der Waals surface area contributed by atoms with Crippen LogP contribution in [0.1, 0.15) is 80.2 Å². The Morgan fingerprint density at radius 3 is 2.72 bits per heavy atom. The van der Waals surface area contributed by atoms with Gasteiger partial charge in [0.25, 0.3) is 0 Å². The molecule has 1 aromatic heterocycles. The van der Waals surface area contributed by atoms with Crippen LogP contribution in [0.15, 0.2) is 24.4 Å². The second-order valence-electron chi connectivity index (χ2n) is 11.3. The van der Waals surface area contributed by atoms with Crippen LogP contribution in [-0.4, -0.2) is 63.3 Å². The van der Waals surface area contributed by atoms with Gasteiger partial charge in [0.05, 0.1) is 12.8 Å². The maximum absolute atomic E-state index is 13.2. The molecule has 1 amide bonds. The number of nitrogens with zero attached hydrogens (tertiary/aromatic N) is 1. The molecule has 1 heterocycles. The van der Waals surface area contributed by atoms with E-state index in [9.17, 15) is 19.2 Å². The first-order valence-electron chi connectivity index (χ1n) is 13.4. The molecule has 2 saturated carbocycles. The summed E-state index contributed by atoms with van der Waals surface area (Å²) in [5.41, 5.74) is 2.10. The van der Waals surface area contributed by atoms with E-state index < -0.39 is 11.9 Å². The summed E-state index contributed by atoms with van der Waals surface area (Å²) in [5, 5.41) is 12.3. The molecule has 0 bridgehead atoms. The first-order chi connectivity index (χ1) is 18.1. The van der Waals surface area contributed by atoms with E-state index in [1.165, 1.54) is 16.9 Å². The number of ether oxygens (including phenoxy) is 1. The number of fused-ring (bicyclic) bond motifs is 5. The van der Waals surface area contributed by atoms with Crippen molar-refractivity contribution in [3.05, 3.63) is 40.4 Å². The van der Waals surface area contributed by atoms with Crippen molar-refractivity contribution in [1.82, 2.24) is 4.98 Å². The van der Waals surface area contributed by atoms with Crippen LogP contribution in [0.5, 0.6) is 5.75 Å². The van der Waals surface area contributed by atoms with Crippen LogP contribution in [0, 0.1) is 30.1 Å². The van der Waals surface area contributed by atoms with Crippen LogP contribution < -0.4 is 10.1 Å². The summed E-state index contributed by atoms with van der Waals surface area (Å²) >= 11 is 1.46. The van der Waals surface area contributed by atoms with E-state index in [-0.39, 0.29) is 65.6 Å². The number of aryl methyl sites for hydroxylation is 2. The molecular weight excluding hydrogens is 527 g/mol. The third-order valence-corrected chi connectivity index (χ3v) is 9.75. The fourth-order valence-corrected chi connectivity index (χ4v) is 7.93. The zero-order valence-corrected chi connectivity index (χ0v) is 22.6. The van der Waals surface area contributed by atoms with Crippen LogP contribution in [0.3, 0.4) is 0 Å². The molecule has 5 rings (SSSR count). The standard InChI is InChI=1S/C29H34N2O6S.Na.H/c1-16-15-30-28(38-16)31-24(33)8-4-18-14-23(32)29(2)12-11-21-20-7-5-19(37-26(36)10-9-25(34)35)13-17(20)3-6-22(21)27(18)29;;/h5,7,13,15,18,21-22,27H,3-4,6,8-12,14H2,1-2H3,(H,34,35)(H,30,31,33);;/t18-,21?,22?,27?,29-;;/m1../s1. The third-order valence-electron chi connectivity index (χ3n) is 8.93. The number of ketones is 1. The number of anilines is 1. The van der Waals surface area contributed by atoms with Gasteiger partial charge in [-0.25, -0.2) is 4.98 Å². The van der Waals surface area contributed by atoms with Crippen LogP contribution in [0.2, 0.25) is 0 Å². The van der Waals surface area contributed by atoms with Gasteiger partial charge in [0.2, 0.25) is 5.91 Å².